The summed E-state index contributed by atoms with van der Waals surface area (Å²) in [5.74, 6) is 0.519. The van der Waals surface area contributed by atoms with Gasteiger partial charge in [-0.15, -0.1) is 0 Å². The minimum absolute atomic E-state index is 0.0499. The van der Waals surface area contributed by atoms with Crippen LogP contribution >= 0.6 is 0 Å². The van der Waals surface area contributed by atoms with Crippen LogP contribution in [0, 0.1) is 0 Å². The second-order valence-electron chi connectivity index (χ2n) is 8.89. The van der Waals surface area contributed by atoms with Gasteiger partial charge in [0, 0.05) is 38.8 Å². The normalized spacial score (nSPS) is 25.5. The van der Waals surface area contributed by atoms with Crippen LogP contribution in [0.25, 0.3) is 0 Å². The van der Waals surface area contributed by atoms with E-state index in [1.54, 1.807) is 12.1 Å². The van der Waals surface area contributed by atoms with Crippen LogP contribution in [-0.4, -0.2) is 77.5 Å². The molecule has 1 unspecified atom stereocenters. The Bertz CT molecular complexity index is 900. The van der Waals surface area contributed by atoms with Gasteiger partial charge in [-0.1, -0.05) is 30.3 Å². The third-order valence-corrected chi connectivity index (χ3v) is 6.98. The molecule has 2 amide bonds. The smallest absolute Gasteiger partial charge is 0.289 e. The van der Waals surface area contributed by atoms with Crippen molar-refractivity contribution in [2.45, 2.75) is 37.4 Å². The average Bonchev–Trinajstić information content (AvgIpc) is 3.50. The van der Waals surface area contributed by atoms with Gasteiger partial charge < -0.3 is 19.0 Å². The summed E-state index contributed by atoms with van der Waals surface area (Å²) in [6, 6.07) is 13.9. The average molecular weight is 424 g/mol. The summed E-state index contributed by atoms with van der Waals surface area (Å²) in [5.41, 5.74) is 1.03. The van der Waals surface area contributed by atoms with Crippen LogP contribution in [0.4, 0.5) is 0 Å². The first kappa shape index (κ1) is 20.3. The van der Waals surface area contributed by atoms with Gasteiger partial charge in [-0.2, -0.15) is 0 Å². The zero-order valence-electron chi connectivity index (χ0n) is 17.7. The molecule has 4 heterocycles. The Morgan fingerprint density at radius 2 is 1.90 bits per heavy atom. The molecular weight excluding hydrogens is 394 g/mol. The number of hydrogen-bond acceptors (Lipinski definition) is 5. The number of furan rings is 1. The Kier molecular flexibility index (Phi) is 5.54. The molecule has 3 aliphatic rings. The zero-order chi connectivity index (χ0) is 21.3. The lowest BCUT2D eigenvalue weighted by molar-refractivity contribution is -0.148. The van der Waals surface area contributed by atoms with Gasteiger partial charge in [0.1, 0.15) is 0 Å². The molecular formula is C24H29N3O4. The molecule has 2 aromatic rings. The van der Waals surface area contributed by atoms with E-state index in [9.17, 15) is 9.59 Å². The van der Waals surface area contributed by atoms with Crippen molar-refractivity contribution in [2.75, 3.05) is 39.4 Å². The van der Waals surface area contributed by atoms with Gasteiger partial charge in [0.05, 0.1) is 25.0 Å². The van der Waals surface area contributed by atoms with E-state index < -0.39 is 0 Å². The van der Waals surface area contributed by atoms with Crippen molar-refractivity contribution >= 4 is 11.8 Å². The third kappa shape index (κ3) is 4.00. The number of rotatable bonds is 4. The lowest BCUT2D eigenvalue weighted by Gasteiger charge is -2.52. The van der Waals surface area contributed by atoms with Crippen LogP contribution in [0.15, 0.2) is 53.1 Å². The third-order valence-electron chi connectivity index (χ3n) is 6.98. The van der Waals surface area contributed by atoms with Gasteiger partial charge in [-0.25, -0.2) is 0 Å². The second-order valence-corrected chi connectivity index (χ2v) is 8.89. The molecule has 1 aromatic heterocycles. The van der Waals surface area contributed by atoms with Crippen molar-refractivity contribution in [3.8, 4) is 0 Å². The summed E-state index contributed by atoms with van der Waals surface area (Å²) in [5, 5.41) is 0. The number of piperazine rings is 1. The molecule has 3 saturated heterocycles. The topological polar surface area (TPSA) is 66.2 Å². The Hall–Kier alpha value is -2.64. The monoisotopic (exact) mass is 423 g/mol. The molecule has 7 heteroatoms. The highest BCUT2D eigenvalue weighted by atomic mass is 16.5. The van der Waals surface area contributed by atoms with Crippen LogP contribution in [0.1, 0.15) is 35.4 Å². The fourth-order valence-corrected chi connectivity index (χ4v) is 5.30. The quantitative estimate of drug-likeness (QED) is 0.756. The second kappa shape index (κ2) is 8.48. The molecule has 5 rings (SSSR count). The number of hydrogen-bond donors (Lipinski definition) is 0. The van der Waals surface area contributed by atoms with Crippen LogP contribution < -0.4 is 0 Å². The molecule has 3 aliphatic heterocycles. The largest absolute Gasteiger partial charge is 0.459 e. The van der Waals surface area contributed by atoms with Crippen molar-refractivity contribution in [1.29, 1.82) is 0 Å². The SMILES string of the molecule is O=C1CN(C2CCN(C(=O)c3ccco3)CC2)C2(CCOC2)CN1Cc1ccccc1. The van der Waals surface area contributed by atoms with Crippen molar-refractivity contribution in [3.63, 3.8) is 0 Å². The molecule has 7 nitrogen and oxygen atoms in total. The highest BCUT2D eigenvalue weighted by Crippen LogP contribution is 2.35. The molecule has 31 heavy (non-hydrogen) atoms. The minimum atomic E-state index is -0.124. The highest BCUT2D eigenvalue weighted by Gasteiger charge is 2.50. The van der Waals surface area contributed by atoms with E-state index >= 15 is 0 Å². The van der Waals surface area contributed by atoms with Crippen molar-refractivity contribution in [3.05, 3.63) is 60.1 Å². The van der Waals surface area contributed by atoms with E-state index in [-0.39, 0.29) is 23.4 Å². The first-order chi connectivity index (χ1) is 15.1. The maximum atomic E-state index is 13.1. The number of likely N-dealkylation sites (tertiary alicyclic amines) is 1. The number of carbonyl (C=O) groups excluding carboxylic acids is 2. The van der Waals surface area contributed by atoms with E-state index in [0.29, 0.717) is 45.1 Å². The molecule has 164 valence electrons. The molecule has 0 saturated carbocycles. The van der Waals surface area contributed by atoms with E-state index in [2.05, 4.69) is 17.0 Å². The Labute approximate surface area is 182 Å². The van der Waals surface area contributed by atoms with E-state index in [0.717, 1.165) is 31.4 Å². The van der Waals surface area contributed by atoms with Gasteiger partial charge in [-0.05, 0) is 37.0 Å². The van der Waals surface area contributed by atoms with Gasteiger partial charge in [0.15, 0.2) is 5.76 Å². The van der Waals surface area contributed by atoms with Crippen LogP contribution in [0.2, 0.25) is 0 Å². The number of benzene rings is 1. The first-order valence-electron chi connectivity index (χ1n) is 11.1. The number of nitrogens with zero attached hydrogens (tertiary/aromatic N) is 3. The molecule has 0 bridgehead atoms. The van der Waals surface area contributed by atoms with E-state index in [1.165, 1.54) is 6.26 Å². The number of piperidine rings is 1. The molecule has 0 radical (unpaired) electrons. The summed E-state index contributed by atoms with van der Waals surface area (Å²) in [6.07, 6.45) is 4.20. The molecule has 0 N–H and O–H groups in total. The Balaban J connectivity index is 1.27. The van der Waals surface area contributed by atoms with Gasteiger partial charge >= 0.3 is 0 Å². The fraction of sp³-hybridized carbons (Fsp3) is 0.500. The van der Waals surface area contributed by atoms with Crippen LogP contribution in [0.5, 0.6) is 0 Å². The maximum Gasteiger partial charge on any atom is 0.289 e. The predicted octanol–water partition coefficient (Wildman–Crippen LogP) is 2.39. The van der Waals surface area contributed by atoms with Gasteiger partial charge in [0.2, 0.25) is 5.91 Å². The van der Waals surface area contributed by atoms with Crippen molar-refractivity contribution in [2.24, 2.45) is 0 Å². The lowest BCUT2D eigenvalue weighted by atomic mass is 9.88. The summed E-state index contributed by atoms with van der Waals surface area (Å²) in [6.45, 7) is 4.53. The molecule has 3 fully saturated rings. The summed E-state index contributed by atoms with van der Waals surface area (Å²) in [4.78, 5) is 31.9. The van der Waals surface area contributed by atoms with Crippen molar-refractivity contribution < 1.29 is 18.7 Å². The van der Waals surface area contributed by atoms with Gasteiger partial charge in [0.25, 0.3) is 5.91 Å². The predicted molar refractivity (Wildman–Crippen MR) is 114 cm³/mol. The number of carbonyl (C=O) groups is 2. The van der Waals surface area contributed by atoms with Crippen LogP contribution in [0.3, 0.4) is 0 Å². The first-order valence-corrected chi connectivity index (χ1v) is 11.1. The minimum Gasteiger partial charge on any atom is -0.459 e. The lowest BCUT2D eigenvalue weighted by Crippen LogP contribution is -2.68. The highest BCUT2D eigenvalue weighted by molar-refractivity contribution is 5.91. The van der Waals surface area contributed by atoms with Crippen molar-refractivity contribution in [1.82, 2.24) is 14.7 Å². The maximum absolute atomic E-state index is 13.1. The standard InChI is InChI=1S/C24H29N3O4/c28-22-16-27(20-8-11-25(12-9-20)23(29)21-7-4-13-31-21)24(10-14-30-18-24)17-26(22)15-19-5-2-1-3-6-19/h1-7,13,20H,8-12,14-18H2. The summed E-state index contributed by atoms with van der Waals surface area (Å²) >= 11 is 0. The molecule has 1 atom stereocenters. The number of amides is 2. The molecule has 0 aliphatic carbocycles. The summed E-state index contributed by atoms with van der Waals surface area (Å²) in [7, 11) is 0. The summed E-state index contributed by atoms with van der Waals surface area (Å²) < 4.78 is 11.1. The molecule has 1 aromatic carbocycles. The van der Waals surface area contributed by atoms with Crippen LogP contribution in [-0.2, 0) is 16.1 Å². The molecule has 1 spiro atoms. The van der Waals surface area contributed by atoms with Gasteiger partial charge in [-0.3, -0.25) is 14.5 Å². The zero-order valence-corrected chi connectivity index (χ0v) is 17.7. The Morgan fingerprint density at radius 1 is 1.10 bits per heavy atom. The van der Waals surface area contributed by atoms with E-state index in [1.807, 2.05) is 28.0 Å². The number of ether oxygens (including phenoxy) is 1. The van der Waals surface area contributed by atoms with E-state index in [4.69, 9.17) is 9.15 Å². The Morgan fingerprint density at radius 3 is 2.58 bits per heavy atom. The fourth-order valence-electron chi connectivity index (χ4n) is 5.30.